The molecule has 2 rings (SSSR count). The molecule has 0 saturated carbocycles. The average molecular weight is 423 g/mol. The van der Waals surface area contributed by atoms with Crippen LogP contribution in [0, 0.1) is 0 Å². The number of hydrogen-bond donors (Lipinski definition) is 1. The number of ether oxygens (including phenoxy) is 3. The van der Waals surface area contributed by atoms with Gasteiger partial charge in [0, 0.05) is 17.2 Å². The van der Waals surface area contributed by atoms with Crippen molar-refractivity contribution in [2.24, 2.45) is 0 Å². The Labute approximate surface area is 186 Å². The summed E-state index contributed by atoms with van der Waals surface area (Å²) >= 11 is 0. The van der Waals surface area contributed by atoms with Gasteiger partial charge in [-0.05, 0) is 50.8 Å². The van der Waals surface area contributed by atoms with Crippen LogP contribution in [0.1, 0.15) is 49.8 Å². The largest absolute Gasteiger partial charge is 0.497 e. The summed E-state index contributed by atoms with van der Waals surface area (Å²) in [5, 5.41) is 10.5. The normalized spacial score (nSPS) is 13.0. The van der Waals surface area contributed by atoms with E-state index < -0.39 is 6.10 Å². The summed E-state index contributed by atoms with van der Waals surface area (Å²) in [4.78, 5) is 0. The highest BCUT2D eigenvalue weighted by Crippen LogP contribution is 2.28. The van der Waals surface area contributed by atoms with Crippen LogP contribution in [-0.4, -0.2) is 26.4 Å². The fourth-order valence-electron chi connectivity index (χ4n) is 3.23. The third-order valence-corrected chi connectivity index (χ3v) is 5.06. The molecular weight excluding hydrogens is 388 g/mol. The molecule has 4 heteroatoms. The van der Waals surface area contributed by atoms with Crippen molar-refractivity contribution in [2.45, 2.75) is 38.7 Å². The van der Waals surface area contributed by atoms with Crippen LogP contribution < -0.4 is 14.2 Å². The van der Waals surface area contributed by atoms with Gasteiger partial charge in [0.25, 0.3) is 0 Å². The fourth-order valence-corrected chi connectivity index (χ4v) is 3.23. The first-order valence-corrected chi connectivity index (χ1v) is 10.6. The standard InChI is InChI=1S/C27H34O4/c1-21(16-19-25(28)24-14-10-11-15-26(24)30-3)12-8-6-5-7-9-13-22-17-18-23(29-2)20-27(22)31-4/h6,8-15,17-18,20,25,28H,5,7,16,19H2,1-4H3/b8-6+,13-9-,21-12+. The number of unbranched alkanes of at least 4 members (excludes halogenated alkanes) is 1. The summed E-state index contributed by atoms with van der Waals surface area (Å²) in [6.45, 7) is 2.09. The van der Waals surface area contributed by atoms with Gasteiger partial charge in [-0.2, -0.15) is 0 Å². The lowest BCUT2D eigenvalue weighted by molar-refractivity contribution is 0.163. The molecule has 0 bridgehead atoms. The number of methoxy groups -OCH3 is 3. The predicted octanol–water partition coefficient (Wildman–Crippen LogP) is 6.52. The smallest absolute Gasteiger partial charge is 0.129 e. The van der Waals surface area contributed by atoms with Crippen LogP contribution in [0.2, 0.25) is 0 Å². The van der Waals surface area contributed by atoms with Gasteiger partial charge in [0.1, 0.15) is 17.2 Å². The SMILES string of the molecule is COc1ccc(/C=C\CC/C=C/C=C(\C)CCC(O)c2ccccc2OC)c(OC)c1. The van der Waals surface area contributed by atoms with E-state index in [9.17, 15) is 5.11 Å². The topological polar surface area (TPSA) is 47.9 Å². The van der Waals surface area contributed by atoms with Crippen molar-refractivity contribution in [2.75, 3.05) is 21.3 Å². The molecule has 2 aromatic rings. The Balaban J connectivity index is 1.76. The van der Waals surface area contributed by atoms with E-state index in [0.717, 1.165) is 47.6 Å². The van der Waals surface area contributed by atoms with Gasteiger partial charge in [-0.1, -0.05) is 54.2 Å². The molecule has 4 nitrogen and oxygen atoms in total. The number of benzene rings is 2. The van der Waals surface area contributed by atoms with Gasteiger partial charge < -0.3 is 19.3 Å². The monoisotopic (exact) mass is 422 g/mol. The zero-order valence-electron chi connectivity index (χ0n) is 19.0. The third kappa shape index (κ3) is 7.99. The Morgan fingerprint density at radius 1 is 0.935 bits per heavy atom. The first-order valence-electron chi connectivity index (χ1n) is 10.6. The highest BCUT2D eigenvalue weighted by Gasteiger charge is 2.12. The van der Waals surface area contributed by atoms with Crippen molar-refractivity contribution in [3.63, 3.8) is 0 Å². The highest BCUT2D eigenvalue weighted by molar-refractivity contribution is 5.59. The Morgan fingerprint density at radius 3 is 2.42 bits per heavy atom. The van der Waals surface area contributed by atoms with Crippen LogP contribution >= 0.6 is 0 Å². The molecule has 2 aromatic carbocycles. The summed E-state index contributed by atoms with van der Waals surface area (Å²) in [5.41, 5.74) is 3.12. The minimum Gasteiger partial charge on any atom is -0.497 e. The van der Waals surface area contributed by atoms with Gasteiger partial charge in [0.2, 0.25) is 0 Å². The zero-order valence-corrected chi connectivity index (χ0v) is 19.0. The van der Waals surface area contributed by atoms with Crippen LogP contribution in [-0.2, 0) is 0 Å². The van der Waals surface area contributed by atoms with Gasteiger partial charge in [-0.25, -0.2) is 0 Å². The second-order valence-corrected chi connectivity index (χ2v) is 7.33. The van der Waals surface area contributed by atoms with Crippen molar-refractivity contribution in [3.05, 3.63) is 83.5 Å². The molecule has 0 aliphatic heterocycles. The van der Waals surface area contributed by atoms with Gasteiger partial charge >= 0.3 is 0 Å². The van der Waals surface area contributed by atoms with Gasteiger partial charge in [0.15, 0.2) is 0 Å². The Kier molecular flexibility index (Phi) is 10.5. The molecule has 0 aliphatic carbocycles. The molecule has 0 amide bonds. The first kappa shape index (κ1) is 24.3. The Hall–Kier alpha value is -2.98. The lowest BCUT2D eigenvalue weighted by Crippen LogP contribution is -2.00. The fraction of sp³-hybridized carbons (Fsp3) is 0.333. The number of hydrogen-bond acceptors (Lipinski definition) is 4. The molecule has 1 N–H and O–H groups in total. The average Bonchev–Trinajstić information content (AvgIpc) is 2.81. The number of para-hydroxylation sites is 1. The van der Waals surface area contributed by atoms with E-state index in [2.05, 4.69) is 37.3 Å². The molecule has 0 fully saturated rings. The van der Waals surface area contributed by atoms with Crippen molar-refractivity contribution < 1.29 is 19.3 Å². The number of aliphatic hydroxyl groups excluding tert-OH is 1. The number of rotatable bonds is 12. The number of allylic oxidation sites excluding steroid dienone is 5. The maximum Gasteiger partial charge on any atom is 0.129 e. The summed E-state index contributed by atoms with van der Waals surface area (Å²) in [6.07, 6.45) is 13.5. The summed E-state index contributed by atoms with van der Waals surface area (Å²) in [7, 11) is 4.94. The minimum atomic E-state index is -0.524. The molecule has 0 spiro atoms. The molecular formula is C27H34O4. The molecule has 0 aliphatic rings. The first-order chi connectivity index (χ1) is 15.1. The second kappa shape index (κ2) is 13.3. The Morgan fingerprint density at radius 2 is 1.68 bits per heavy atom. The molecule has 1 atom stereocenters. The van der Waals surface area contributed by atoms with E-state index in [-0.39, 0.29) is 0 Å². The van der Waals surface area contributed by atoms with Crippen LogP contribution in [0.4, 0.5) is 0 Å². The zero-order chi connectivity index (χ0) is 22.5. The predicted molar refractivity (Wildman–Crippen MR) is 128 cm³/mol. The molecule has 0 radical (unpaired) electrons. The highest BCUT2D eigenvalue weighted by atomic mass is 16.5. The molecule has 0 aromatic heterocycles. The van der Waals surface area contributed by atoms with E-state index in [0.29, 0.717) is 6.42 Å². The van der Waals surface area contributed by atoms with Crippen LogP contribution in [0.3, 0.4) is 0 Å². The van der Waals surface area contributed by atoms with Crippen molar-refractivity contribution in [1.29, 1.82) is 0 Å². The Bertz CT molecular complexity index is 896. The summed E-state index contributed by atoms with van der Waals surface area (Å²) in [5.74, 6) is 2.33. The maximum atomic E-state index is 10.5. The van der Waals surface area contributed by atoms with Crippen LogP contribution in [0.5, 0.6) is 17.2 Å². The molecule has 31 heavy (non-hydrogen) atoms. The van der Waals surface area contributed by atoms with Crippen LogP contribution in [0.15, 0.2) is 72.3 Å². The van der Waals surface area contributed by atoms with Gasteiger partial charge in [-0.15, -0.1) is 0 Å². The molecule has 0 saturated heterocycles. The van der Waals surface area contributed by atoms with Crippen molar-refractivity contribution >= 4 is 6.08 Å². The third-order valence-electron chi connectivity index (χ3n) is 5.06. The summed E-state index contributed by atoms with van der Waals surface area (Å²) < 4.78 is 16.0. The second-order valence-electron chi connectivity index (χ2n) is 7.33. The quantitative estimate of drug-likeness (QED) is 0.312. The molecule has 166 valence electrons. The molecule has 1 unspecified atom stereocenters. The van der Waals surface area contributed by atoms with E-state index in [4.69, 9.17) is 14.2 Å². The van der Waals surface area contributed by atoms with E-state index in [1.54, 1.807) is 21.3 Å². The van der Waals surface area contributed by atoms with Crippen molar-refractivity contribution in [1.82, 2.24) is 0 Å². The minimum absolute atomic E-state index is 0.524. The summed E-state index contributed by atoms with van der Waals surface area (Å²) in [6, 6.07) is 13.4. The van der Waals surface area contributed by atoms with Gasteiger partial charge in [-0.3, -0.25) is 0 Å². The maximum absolute atomic E-state index is 10.5. The van der Waals surface area contributed by atoms with E-state index >= 15 is 0 Å². The molecule has 0 heterocycles. The lowest BCUT2D eigenvalue weighted by Gasteiger charge is -2.14. The van der Waals surface area contributed by atoms with Crippen molar-refractivity contribution in [3.8, 4) is 17.2 Å². The van der Waals surface area contributed by atoms with Gasteiger partial charge in [0.05, 0.1) is 27.4 Å². The number of aliphatic hydroxyl groups is 1. The van der Waals surface area contributed by atoms with E-state index in [1.165, 1.54) is 5.57 Å². The van der Waals surface area contributed by atoms with Crippen LogP contribution in [0.25, 0.3) is 6.08 Å². The lowest BCUT2D eigenvalue weighted by atomic mass is 10.0. The van der Waals surface area contributed by atoms with E-state index in [1.807, 2.05) is 42.5 Å².